The minimum absolute atomic E-state index is 0.216. The number of hydrogen-bond donors (Lipinski definition) is 0. The summed E-state index contributed by atoms with van der Waals surface area (Å²) in [5, 5.41) is 13.2. The molecule has 0 radical (unpaired) electrons. The SMILES string of the molecule is N#C/C(=C/c1cn(Cc2ccccc2F)c2ccccc12)c1ccc2ccccc2c1. The normalized spacial score (nSPS) is 11.7. The van der Waals surface area contributed by atoms with Crippen molar-refractivity contribution in [3.05, 3.63) is 120 Å². The van der Waals surface area contributed by atoms with Gasteiger partial charge in [0.1, 0.15) is 5.82 Å². The molecular formula is C28H19FN2. The molecule has 31 heavy (non-hydrogen) atoms. The Kier molecular flexibility index (Phi) is 4.82. The summed E-state index contributed by atoms with van der Waals surface area (Å²) in [6.07, 6.45) is 3.92. The Bertz CT molecular complexity index is 1480. The van der Waals surface area contributed by atoms with Gasteiger partial charge in [-0.3, -0.25) is 0 Å². The van der Waals surface area contributed by atoms with Gasteiger partial charge in [0.25, 0.3) is 0 Å². The maximum absolute atomic E-state index is 14.2. The molecule has 0 bridgehead atoms. The van der Waals surface area contributed by atoms with Crippen molar-refractivity contribution >= 4 is 33.3 Å². The second-order valence-electron chi connectivity index (χ2n) is 7.55. The Balaban J connectivity index is 1.61. The lowest BCUT2D eigenvalue weighted by atomic mass is 10.00. The standard InChI is InChI=1S/C28H19FN2/c29-27-11-5-3-9-23(27)18-31-19-25(26-10-4-6-12-28(26)31)16-24(17-30)22-14-13-20-7-1-2-8-21(20)15-22/h1-16,19H,18H2/b24-16-. The first kappa shape index (κ1) is 18.8. The van der Waals surface area contributed by atoms with Crippen molar-refractivity contribution in [2.24, 2.45) is 0 Å². The van der Waals surface area contributed by atoms with Crippen molar-refractivity contribution in [3.8, 4) is 6.07 Å². The maximum atomic E-state index is 14.2. The number of benzene rings is 4. The molecule has 0 aliphatic rings. The number of nitriles is 1. The minimum Gasteiger partial charge on any atom is -0.342 e. The van der Waals surface area contributed by atoms with Crippen LogP contribution in [0.15, 0.2) is 97.2 Å². The van der Waals surface area contributed by atoms with E-state index >= 15 is 0 Å². The zero-order valence-corrected chi connectivity index (χ0v) is 16.8. The fourth-order valence-electron chi connectivity index (χ4n) is 4.02. The summed E-state index contributed by atoms with van der Waals surface area (Å²) in [6, 6.07) is 31.4. The maximum Gasteiger partial charge on any atom is 0.128 e. The van der Waals surface area contributed by atoms with Crippen molar-refractivity contribution in [1.29, 1.82) is 5.26 Å². The molecule has 1 aromatic heterocycles. The molecule has 0 N–H and O–H groups in total. The highest BCUT2D eigenvalue weighted by Crippen LogP contribution is 2.28. The highest BCUT2D eigenvalue weighted by Gasteiger charge is 2.11. The van der Waals surface area contributed by atoms with Gasteiger partial charge in [-0.15, -0.1) is 0 Å². The van der Waals surface area contributed by atoms with Crippen molar-refractivity contribution in [3.63, 3.8) is 0 Å². The summed E-state index contributed by atoms with van der Waals surface area (Å²) in [5.41, 5.74) is 4.06. The number of hydrogen-bond acceptors (Lipinski definition) is 1. The van der Waals surface area contributed by atoms with E-state index in [0.717, 1.165) is 32.8 Å². The fraction of sp³-hybridized carbons (Fsp3) is 0.0357. The third-order valence-corrected chi connectivity index (χ3v) is 5.60. The van der Waals surface area contributed by atoms with Gasteiger partial charge in [0.15, 0.2) is 0 Å². The monoisotopic (exact) mass is 402 g/mol. The number of para-hydroxylation sites is 1. The molecule has 0 amide bonds. The summed E-state index contributed by atoms with van der Waals surface area (Å²) in [5.74, 6) is -0.216. The van der Waals surface area contributed by atoms with Crippen LogP contribution < -0.4 is 0 Å². The third kappa shape index (κ3) is 3.60. The first-order valence-corrected chi connectivity index (χ1v) is 10.2. The van der Waals surface area contributed by atoms with E-state index in [0.29, 0.717) is 17.7 Å². The molecule has 0 unspecified atom stereocenters. The third-order valence-electron chi connectivity index (χ3n) is 5.60. The average molecular weight is 402 g/mol. The smallest absolute Gasteiger partial charge is 0.128 e. The van der Waals surface area contributed by atoms with Crippen molar-refractivity contribution in [2.75, 3.05) is 0 Å². The number of fused-ring (bicyclic) bond motifs is 2. The van der Waals surface area contributed by atoms with Crippen LogP contribution in [0.25, 0.3) is 33.3 Å². The Labute approximate surface area is 180 Å². The molecule has 0 aliphatic carbocycles. The molecule has 148 valence electrons. The molecule has 0 spiro atoms. The van der Waals surface area contributed by atoms with Gasteiger partial charge in [0.2, 0.25) is 0 Å². The van der Waals surface area contributed by atoms with Crippen LogP contribution in [0, 0.1) is 17.1 Å². The molecule has 0 saturated heterocycles. The molecular weight excluding hydrogens is 383 g/mol. The number of rotatable bonds is 4. The van der Waals surface area contributed by atoms with Crippen LogP contribution in [-0.4, -0.2) is 4.57 Å². The Hall–Kier alpha value is -4.16. The topological polar surface area (TPSA) is 28.7 Å². The van der Waals surface area contributed by atoms with Gasteiger partial charge in [0, 0.05) is 28.2 Å². The van der Waals surface area contributed by atoms with Gasteiger partial charge >= 0.3 is 0 Å². The van der Waals surface area contributed by atoms with Crippen LogP contribution in [0.2, 0.25) is 0 Å². The molecule has 0 fully saturated rings. The second-order valence-corrected chi connectivity index (χ2v) is 7.55. The van der Waals surface area contributed by atoms with E-state index in [9.17, 15) is 9.65 Å². The molecule has 0 saturated carbocycles. The molecule has 0 atom stereocenters. The van der Waals surface area contributed by atoms with Crippen molar-refractivity contribution < 1.29 is 4.39 Å². The summed E-state index contributed by atoms with van der Waals surface area (Å²) in [4.78, 5) is 0. The van der Waals surface area contributed by atoms with E-state index in [1.807, 2.05) is 83.6 Å². The predicted molar refractivity (Wildman–Crippen MR) is 125 cm³/mol. The Morgan fingerprint density at radius 3 is 2.45 bits per heavy atom. The first-order valence-electron chi connectivity index (χ1n) is 10.2. The highest BCUT2D eigenvalue weighted by molar-refractivity contribution is 5.99. The van der Waals surface area contributed by atoms with E-state index in [-0.39, 0.29) is 5.82 Å². The van der Waals surface area contributed by atoms with Crippen LogP contribution in [0.3, 0.4) is 0 Å². The number of allylic oxidation sites excluding steroid dienone is 1. The highest BCUT2D eigenvalue weighted by atomic mass is 19.1. The van der Waals surface area contributed by atoms with Crippen LogP contribution in [0.1, 0.15) is 16.7 Å². The quantitative estimate of drug-likeness (QED) is 0.296. The molecule has 5 rings (SSSR count). The minimum atomic E-state index is -0.216. The van der Waals surface area contributed by atoms with Gasteiger partial charge in [-0.1, -0.05) is 72.8 Å². The fourth-order valence-corrected chi connectivity index (χ4v) is 4.02. The Morgan fingerprint density at radius 2 is 1.61 bits per heavy atom. The Morgan fingerprint density at radius 1 is 0.871 bits per heavy atom. The lowest BCUT2D eigenvalue weighted by molar-refractivity contribution is 0.602. The summed E-state index contributed by atoms with van der Waals surface area (Å²) in [7, 11) is 0. The largest absolute Gasteiger partial charge is 0.342 e. The van der Waals surface area contributed by atoms with Crippen LogP contribution in [0.4, 0.5) is 4.39 Å². The second kappa shape index (κ2) is 7.93. The van der Waals surface area contributed by atoms with E-state index in [1.54, 1.807) is 12.1 Å². The molecule has 2 nitrogen and oxygen atoms in total. The summed E-state index contributed by atoms with van der Waals surface area (Å²) < 4.78 is 16.3. The van der Waals surface area contributed by atoms with E-state index < -0.39 is 0 Å². The lowest BCUT2D eigenvalue weighted by Crippen LogP contribution is -2.00. The van der Waals surface area contributed by atoms with Gasteiger partial charge in [-0.25, -0.2) is 4.39 Å². The van der Waals surface area contributed by atoms with Crippen LogP contribution in [0.5, 0.6) is 0 Å². The molecule has 1 heterocycles. The average Bonchev–Trinajstić information content (AvgIpc) is 3.16. The number of nitrogens with zero attached hydrogens (tertiary/aromatic N) is 2. The molecule has 0 aliphatic heterocycles. The molecule has 5 aromatic rings. The van der Waals surface area contributed by atoms with Gasteiger partial charge in [0.05, 0.1) is 18.2 Å². The van der Waals surface area contributed by atoms with Crippen molar-refractivity contribution in [1.82, 2.24) is 4.57 Å². The lowest BCUT2D eigenvalue weighted by Gasteiger charge is -2.06. The zero-order valence-electron chi connectivity index (χ0n) is 16.8. The van der Waals surface area contributed by atoms with E-state index in [4.69, 9.17) is 0 Å². The first-order chi connectivity index (χ1) is 15.2. The molecule has 3 heteroatoms. The van der Waals surface area contributed by atoms with Gasteiger partial charge in [-0.2, -0.15) is 5.26 Å². The van der Waals surface area contributed by atoms with E-state index in [1.165, 1.54) is 6.07 Å². The molecule has 4 aromatic carbocycles. The summed E-state index contributed by atoms with van der Waals surface area (Å²) >= 11 is 0. The van der Waals surface area contributed by atoms with Crippen LogP contribution in [-0.2, 0) is 6.54 Å². The van der Waals surface area contributed by atoms with E-state index in [2.05, 4.69) is 12.1 Å². The number of halogens is 1. The van der Waals surface area contributed by atoms with Crippen LogP contribution >= 0.6 is 0 Å². The van der Waals surface area contributed by atoms with Gasteiger partial charge < -0.3 is 4.57 Å². The predicted octanol–water partition coefficient (Wildman–Crippen LogP) is 7.05. The zero-order chi connectivity index (χ0) is 21.2. The number of aromatic nitrogens is 1. The summed E-state index contributed by atoms with van der Waals surface area (Å²) in [6.45, 7) is 0.429. The van der Waals surface area contributed by atoms with Gasteiger partial charge in [-0.05, 0) is 40.6 Å². The van der Waals surface area contributed by atoms with Crippen molar-refractivity contribution in [2.45, 2.75) is 6.54 Å².